The molecule has 1 aliphatic carbocycles. The molecule has 0 unspecified atom stereocenters. The van der Waals surface area contributed by atoms with Crippen LogP contribution in [0.15, 0.2) is 15.6 Å². The highest BCUT2D eigenvalue weighted by Gasteiger charge is 2.20. The molecule has 130 valence electrons. The third-order valence-corrected chi connectivity index (χ3v) is 3.71. The van der Waals surface area contributed by atoms with E-state index in [0.717, 1.165) is 56.1 Å². The highest BCUT2D eigenvalue weighted by Crippen LogP contribution is 2.28. The van der Waals surface area contributed by atoms with E-state index in [2.05, 4.69) is 41.6 Å². The van der Waals surface area contributed by atoms with Gasteiger partial charge in [0, 0.05) is 32.4 Å². The van der Waals surface area contributed by atoms with Gasteiger partial charge in [-0.25, -0.2) is 4.99 Å². The second-order valence-electron chi connectivity index (χ2n) is 6.37. The molecule has 0 amide bonds. The fourth-order valence-electron chi connectivity index (χ4n) is 2.09. The summed E-state index contributed by atoms with van der Waals surface area (Å²) in [5, 5.41) is 10.6. The van der Waals surface area contributed by atoms with Crippen LogP contribution in [0.25, 0.3) is 0 Å². The molecule has 0 aliphatic heterocycles. The first-order chi connectivity index (χ1) is 11.2. The SMILES string of the molecule is CCNC(=NCc1cc(C(C)C)no1)NCCCOCC1CC1. The Morgan fingerprint density at radius 3 is 2.91 bits per heavy atom. The van der Waals surface area contributed by atoms with Crippen molar-refractivity contribution < 1.29 is 9.26 Å². The standard InChI is InChI=1S/C17H30N4O2/c1-4-18-17(19-8-5-9-22-12-14-6-7-14)20-11-15-10-16(13(2)3)21-23-15/h10,13-14H,4-9,11-12H2,1-3H3,(H2,18,19,20). The van der Waals surface area contributed by atoms with Crippen molar-refractivity contribution in [1.82, 2.24) is 15.8 Å². The smallest absolute Gasteiger partial charge is 0.191 e. The Balaban J connectivity index is 1.67. The van der Waals surface area contributed by atoms with Crippen LogP contribution in [0.2, 0.25) is 0 Å². The van der Waals surface area contributed by atoms with Gasteiger partial charge in [0.15, 0.2) is 11.7 Å². The minimum absolute atomic E-state index is 0.374. The first-order valence-electron chi connectivity index (χ1n) is 8.74. The molecule has 1 fully saturated rings. The lowest BCUT2D eigenvalue weighted by Crippen LogP contribution is -2.38. The molecule has 1 heterocycles. The van der Waals surface area contributed by atoms with Crippen LogP contribution in [-0.4, -0.2) is 37.4 Å². The zero-order valence-electron chi connectivity index (χ0n) is 14.6. The van der Waals surface area contributed by atoms with E-state index in [0.29, 0.717) is 12.5 Å². The summed E-state index contributed by atoms with van der Waals surface area (Å²) in [5.41, 5.74) is 0.973. The summed E-state index contributed by atoms with van der Waals surface area (Å²) in [6.07, 6.45) is 3.67. The number of ether oxygens (including phenoxy) is 1. The highest BCUT2D eigenvalue weighted by molar-refractivity contribution is 5.79. The lowest BCUT2D eigenvalue weighted by atomic mass is 10.1. The Morgan fingerprint density at radius 1 is 1.43 bits per heavy atom. The molecule has 2 rings (SSSR count). The van der Waals surface area contributed by atoms with Crippen molar-refractivity contribution in [3.05, 3.63) is 17.5 Å². The Labute approximate surface area is 139 Å². The Hall–Kier alpha value is -1.56. The fraction of sp³-hybridized carbons (Fsp3) is 0.765. The van der Waals surface area contributed by atoms with E-state index >= 15 is 0 Å². The number of aliphatic imine (C=N–C) groups is 1. The van der Waals surface area contributed by atoms with Gasteiger partial charge in [0.2, 0.25) is 0 Å². The zero-order chi connectivity index (χ0) is 16.5. The summed E-state index contributed by atoms with van der Waals surface area (Å²) in [6, 6.07) is 1.98. The third kappa shape index (κ3) is 7.03. The van der Waals surface area contributed by atoms with E-state index < -0.39 is 0 Å². The minimum Gasteiger partial charge on any atom is -0.381 e. The Kier molecular flexibility index (Phi) is 7.39. The van der Waals surface area contributed by atoms with Crippen LogP contribution < -0.4 is 10.6 Å². The molecule has 0 bridgehead atoms. The monoisotopic (exact) mass is 322 g/mol. The number of guanidine groups is 1. The van der Waals surface area contributed by atoms with E-state index in [1.165, 1.54) is 12.8 Å². The van der Waals surface area contributed by atoms with E-state index in [1.807, 2.05) is 6.07 Å². The molecule has 1 aliphatic rings. The van der Waals surface area contributed by atoms with Gasteiger partial charge < -0.3 is 19.9 Å². The molecule has 0 aromatic carbocycles. The molecule has 0 saturated heterocycles. The van der Waals surface area contributed by atoms with Gasteiger partial charge in [0.1, 0.15) is 6.54 Å². The summed E-state index contributed by atoms with van der Waals surface area (Å²) >= 11 is 0. The summed E-state index contributed by atoms with van der Waals surface area (Å²) in [7, 11) is 0. The first kappa shape index (κ1) is 17.8. The third-order valence-electron chi connectivity index (χ3n) is 3.71. The van der Waals surface area contributed by atoms with E-state index in [-0.39, 0.29) is 0 Å². The summed E-state index contributed by atoms with van der Waals surface area (Å²) in [5.74, 6) is 2.80. The molecule has 0 radical (unpaired) electrons. The maximum absolute atomic E-state index is 5.63. The lowest BCUT2D eigenvalue weighted by molar-refractivity contribution is 0.123. The predicted octanol–water partition coefficient (Wildman–Crippen LogP) is 2.67. The normalized spacial score (nSPS) is 15.2. The average Bonchev–Trinajstić information content (AvgIpc) is 3.22. The topological polar surface area (TPSA) is 71.7 Å². The van der Waals surface area contributed by atoms with E-state index in [4.69, 9.17) is 9.26 Å². The molecule has 23 heavy (non-hydrogen) atoms. The van der Waals surface area contributed by atoms with Crippen molar-refractivity contribution in [3.63, 3.8) is 0 Å². The number of aromatic nitrogens is 1. The second-order valence-corrected chi connectivity index (χ2v) is 6.37. The quantitative estimate of drug-likeness (QED) is 0.394. The predicted molar refractivity (Wildman–Crippen MR) is 91.6 cm³/mol. The lowest BCUT2D eigenvalue weighted by Gasteiger charge is -2.10. The molecule has 6 heteroatoms. The Morgan fingerprint density at radius 2 is 2.26 bits per heavy atom. The van der Waals surface area contributed by atoms with Gasteiger partial charge in [0.05, 0.1) is 5.69 Å². The first-order valence-corrected chi connectivity index (χ1v) is 8.74. The van der Waals surface area contributed by atoms with Crippen LogP contribution >= 0.6 is 0 Å². The van der Waals surface area contributed by atoms with Gasteiger partial charge in [-0.2, -0.15) is 0 Å². The summed E-state index contributed by atoms with van der Waals surface area (Å²) in [4.78, 5) is 4.53. The van der Waals surface area contributed by atoms with Crippen LogP contribution in [0.4, 0.5) is 0 Å². The second kappa shape index (κ2) is 9.55. The van der Waals surface area contributed by atoms with Crippen LogP contribution in [0.5, 0.6) is 0 Å². The minimum atomic E-state index is 0.374. The van der Waals surface area contributed by atoms with E-state index in [9.17, 15) is 0 Å². The van der Waals surface area contributed by atoms with Crippen LogP contribution in [0.1, 0.15) is 57.4 Å². The number of hydrogen-bond donors (Lipinski definition) is 2. The van der Waals surface area contributed by atoms with Crippen LogP contribution in [-0.2, 0) is 11.3 Å². The van der Waals surface area contributed by atoms with Crippen LogP contribution in [0.3, 0.4) is 0 Å². The molecule has 2 N–H and O–H groups in total. The van der Waals surface area contributed by atoms with Crippen molar-refractivity contribution >= 4 is 5.96 Å². The van der Waals surface area contributed by atoms with Gasteiger partial charge in [-0.15, -0.1) is 0 Å². The van der Waals surface area contributed by atoms with Crippen LogP contribution in [0, 0.1) is 5.92 Å². The molecule has 1 saturated carbocycles. The van der Waals surface area contributed by atoms with Gasteiger partial charge in [0.25, 0.3) is 0 Å². The molecule has 0 atom stereocenters. The van der Waals surface area contributed by atoms with Crippen molar-refractivity contribution in [2.24, 2.45) is 10.9 Å². The number of nitrogens with one attached hydrogen (secondary N) is 2. The Bertz CT molecular complexity index is 481. The van der Waals surface area contributed by atoms with Crippen molar-refractivity contribution in [3.8, 4) is 0 Å². The van der Waals surface area contributed by atoms with Gasteiger partial charge >= 0.3 is 0 Å². The highest BCUT2D eigenvalue weighted by atomic mass is 16.5. The molecular weight excluding hydrogens is 292 g/mol. The largest absolute Gasteiger partial charge is 0.381 e. The summed E-state index contributed by atoms with van der Waals surface area (Å²) in [6.45, 7) is 10.2. The average molecular weight is 322 g/mol. The van der Waals surface area contributed by atoms with E-state index in [1.54, 1.807) is 0 Å². The van der Waals surface area contributed by atoms with Gasteiger partial charge in [-0.3, -0.25) is 0 Å². The van der Waals surface area contributed by atoms with Gasteiger partial charge in [-0.1, -0.05) is 19.0 Å². The van der Waals surface area contributed by atoms with Crippen molar-refractivity contribution in [1.29, 1.82) is 0 Å². The zero-order valence-corrected chi connectivity index (χ0v) is 14.6. The molecule has 6 nitrogen and oxygen atoms in total. The van der Waals surface area contributed by atoms with Crippen molar-refractivity contribution in [2.45, 2.75) is 52.5 Å². The number of hydrogen-bond acceptors (Lipinski definition) is 4. The summed E-state index contributed by atoms with van der Waals surface area (Å²) < 4.78 is 10.9. The van der Waals surface area contributed by atoms with Gasteiger partial charge in [-0.05, 0) is 38.0 Å². The molecule has 0 spiro atoms. The maximum Gasteiger partial charge on any atom is 0.191 e. The number of rotatable bonds is 10. The maximum atomic E-state index is 5.63. The molecular formula is C17H30N4O2. The fourth-order valence-corrected chi connectivity index (χ4v) is 2.09. The molecule has 1 aromatic rings. The molecule has 1 aromatic heterocycles. The number of nitrogens with zero attached hydrogens (tertiary/aromatic N) is 2. The van der Waals surface area contributed by atoms with Crippen molar-refractivity contribution in [2.75, 3.05) is 26.3 Å².